The Morgan fingerprint density at radius 3 is 2.71 bits per heavy atom. The van der Waals surface area contributed by atoms with Gasteiger partial charge in [0.15, 0.2) is 11.5 Å². The largest absolute Gasteiger partial charge is 0.481 e. The van der Waals surface area contributed by atoms with Gasteiger partial charge in [-0.05, 0) is 6.92 Å². The summed E-state index contributed by atoms with van der Waals surface area (Å²) in [5.74, 6) is -0.494. The fraction of sp³-hybridized carbons (Fsp3) is 0.308. The standard InChI is InChI=1S/C13H13N3O4S/c1-4-20-13(18)10-11(7(2)17)21-12(16-10)8-5-9(19-3)15-6-14-8/h5-6H,4H2,1-3H3. The van der Waals surface area contributed by atoms with Gasteiger partial charge in [-0.1, -0.05) is 0 Å². The zero-order chi connectivity index (χ0) is 15.4. The summed E-state index contributed by atoms with van der Waals surface area (Å²) in [5.41, 5.74) is 0.492. The molecule has 0 fully saturated rings. The van der Waals surface area contributed by atoms with Gasteiger partial charge in [0.1, 0.15) is 21.9 Å². The smallest absolute Gasteiger partial charge is 0.358 e. The summed E-state index contributed by atoms with van der Waals surface area (Å²) in [6, 6.07) is 1.58. The molecule has 2 aromatic rings. The van der Waals surface area contributed by atoms with Crippen molar-refractivity contribution in [1.29, 1.82) is 0 Å². The molecule has 0 saturated carbocycles. The molecular formula is C13H13N3O4S. The maximum Gasteiger partial charge on any atom is 0.358 e. The maximum atomic E-state index is 11.8. The highest BCUT2D eigenvalue weighted by atomic mass is 32.1. The van der Waals surface area contributed by atoms with E-state index in [4.69, 9.17) is 9.47 Å². The molecule has 0 unspecified atom stereocenters. The van der Waals surface area contributed by atoms with E-state index in [1.807, 2.05) is 0 Å². The first-order valence-corrected chi connectivity index (χ1v) is 6.93. The van der Waals surface area contributed by atoms with E-state index in [-0.39, 0.29) is 23.0 Å². The Labute approximate surface area is 125 Å². The minimum Gasteiger partial charge on any atom is -0.481 e. The number of carbonyl (C=O) groups is 2. The molecule has 0 N–H and O–H groups in total. The van der Waals surface area contributed by atoms with E-state index in [0.717, 1.165) is 11.3 Å². The molecule has 0 bridgehead atoms. The van der Waals surface area contributed by atoms with Crippen molar-refractivity contribution in [2.45, 2.75) is 13.8 Å². The van der Waals surface area contributed by atoms with Crippen molar-refractivity contribution in [2.24, 2.45) is 0 Å². The first kappa shape index (κ1) is 15.0. The Morgan fingerprint density at radius 1 is 1.33 bits per heavy atom. The molecule has 2 heterocycles. The first-order valence-electron chi connectivity index (χ1n) is 6.12. The van der Waals surface area contributed by atoms with Crippen molar-refractivity contribution in [3.05, 3.63) is 23.0 Å². The van der Waals surface area contributed by atoms with Gasteiger partial charge in [-0.2, -0.15) is 0 Å². The van der Waals surface area contributed by atoms with Gasteiger partial charge in [0.2, 0.25) is 5.88 Å². The average molecular weight is 307 g/mol. The molecular weight excluding hydrogens is 294 g/mol. The minimum atomic E-state index is -0.619. The molecule has 0 aliphatic rings. The van der Waals surface area contributed by atoms with Gasteiger partial charge in [-0.15, -0.1) is 11.3 Å². The highest BCUT2D eigenvalue weighted by Crippen LogP contribution is 2.28. The number of rotatable bonds is 5. The number of ether oxygens (including phenoxy) is 2. The van der Waals surface area contributed by atoms with Crippen LogP contribution in [0, 0.1) is 0 Å². The minimum absolute atomic E-state index is 0.0157. The molecule has 0 aliphatic carbocycles. The Bertz CT molecular complexity index is 684. The second-order valence-electron chi connectivity index (χ2n) is 3.92. The Morgan fingerprint density at radius 2 is 2.10 bits per heavy atom. The van der Waals surface area contributed by atoms with Crippen LogP contribution in [0.4, 0.5) is 0 Å². The zero-order valence-electron chi connectivity index (χ0n) is 11.7. The van der Waals surface area contributed by atoms with Crippen LogP contribution in [0.3, 0.4) is 0 Å². The van der Waals surface area contributed by atoms with Crippen LogP contribution in [0.25, 0.3) is 10.7 Å². The normalized spacial score (nSPS) is 10.2. The number of aromatic nitrogens is 3. The monoisotopic (exact) mass is 307 g/mol. The Kier molecular flexibility index (Phi) is 4.59. The lowest BCUT2D eigenvalue weighted by Gasteiger charge is -1.99. The zero-order valence-corrected chi connectivity index (χ0v) is 12.6. The van der Waals surface area contributed by atoms with E-state index >= 15 is 0 Å². The van der Waals surface area contributed by atoms with Gasteiger partial charge in [0.25, 0.3) is 0 Å². The van der Waals surface area contributed by atoms with Crippen LogP contribution in [0.1, 0.15) is 34.0 Å². The van der Waals surface area contributed by atoms with E-state index in [0.29, 0.717) is 16.6 Å². The Balaban J connectivity index is 2.48. The van der Waals surface area contributed by atoms with Crippen LogP contribution in [-0.4, -0.2) is 40.4 Å². The van der Waals surface area contributed by atoms with E-state index < -0.39 is 5.97 Å². The molecule has 0 radical (unpaired) electrons. The third-order valence-corrected chi connectivity index (χ3v) is 3.66. The van der Waals surface area contributed by atoms with Crippen LogP contribution < -0.4 is 4.74 Å². The summed E-state index contributed by atoms with van der Waals surface area (Å²) in [6.45, 7) is 3.28. The van der Waals surface area contributed by atoms with E-state index in [2.05, 4.69) is 15.0 Å². The van der Waals surface area contributed by atoms with Crippen molar-refractivity contribution in [3.63, 3.8) is 0 Å². The maximum absolute atomic E-state index is 11.8. The number of hydrogen-bond donors (Lipinski definition) is 0. The molecule has 2 rings (SSSR count). The SMILES string of the molecule is CCOC(=O)c1nc(-c2cc(OC)ncn2)sc1C(C)=O. The van der Waals surface area contributed by atoms with Crippen molar-refractivity contribution >= 4 is 23.1 Å². The van der Waals surface area contributed by atoms with Crippen molar-refractivity contribution in [3.8, 4) is 16.6 Å². The van der Waals surface area contributed by atoms with Crippen LogP contribution in [0.5, 0.6) is 5.88 Å². The molecule has 110 valence electrons. The summed E-state index contributed by atoms with van der Waals surface area (Å²) in [6.07, 6.45) is 1.33. The van der Waals surface area contributed by atoms with E-state index in [1.165, 1.54) is 20.4 Å². The topological polar surface area (TPSA) is 91.3 Å². The number of ketones is 1. The fourth-order valence-electron chi connectivity index (χ4n) is 1.57. The predicted octanol–water partition coefficient (Wildman–Crippen LogP) is 1.99. The number of methoxy groups -OCH3 is 1. The second-order valence-corrected chi connectivity index (χ2v) is 4.92. The number of thiazole rings is 1. The first-order chi connectivity index (χ1) is 10.1. The molecule has 0 aliphatic heterocycles. The van der Waals surface area contributed by atoms with Crippen LogP contribution in [0.2, 0.25) is 0 Å². The molecule has 0 atom stereocenters. The van der Waals surface area contributed by atoms with Crippen molar-refractivity contribution in [2.75, 3.05) is 13.7 Å². The molecule has 7 nitrogen and oxygen atoms in total. The summed E-state index contributed by atoms with van der Waals surface area (Å²) >= 11 is 1.09. The number of nitrogens with zero attached hydrogens (tertiary/aromatic N) is 3. The average Bonchev–Trinajstić information content (AvgIpc) is 2.93. The van der Waals surface area contributed by atoms with Gasteiger partial charge < -0.3 is 9.47 Å². The predicted molar refractivity (Wildman–Crippen MR) is 75.7 cm³/mol. The lowest BCUT2D eigenvalue weighted by atomic mass is 10.3. The van der Waals surface area contributed by atoms with Gasteiger partial charge in [0, 0.05) is 13.0 Å². The van der Waals surface area contributed by atoms with Crippen LogP contribution >= 0.6 is 11.3 Å². The number of hydrogen-bond acceptors (Lipinski definition) is 8. The molecule has 0 amide bonds. The lowest BCUT2D eigenvalue weighted by Crippen LogP contribution is -2.09. The van der Waals surface area contributed by atoms with Gasteiger partial charge in [-0.25, -0.2) is 19.7 Å². The van der Waals surface area contributed by atoms with Gasteiger partial charge in [0.05, 0.1) is 13.7 Å². The summed E-state index contributed by atoms with van der Waals surface area (Å²) in [5, 5.41) is 0.434. The number of Topliss-reactive ketones (excluding diaryl/α,β-unsaturated/α-hetero) is 1. The summed E-state index contributed by atoms with van der Waals surface area (Å²) in [7, 11) is 1.49. The quantitative estimate of drug-likeness (QED) is 0.616. The van der Waals surface area contributed by atoms with Crippen molar-refractivity contribution < 1.29 is 19.1 Å². The van der Waals surface area contributed by atoms with E-state index in [9.17, 15) is 9.59 Å². The Hall–Kier alpha value is -2.35. The van der Waals surface area contributed by atoms with Crippen LogP contribution in [0.15, 0.2) is 12.4 Å². The molecule has 21 heavy (non-hydrogen) atoms. The fourth-order valence-corrected chi connectivity index (χ4v) is 2.49. The molecule has 8 heteroatoms. The van der Waals surface area contributed by atoms with Crippen LogP contribution in [-0.2, 0) is 4.74 Å². The highest BCUT2D eigenvalue weighted by molar-refractivity contribution is 7.17. The third kappa shape index (κ3) is 3.22. The second kappa shape index (κ2) is 6.40. The molecule has 2 aromatic heterocycles. The molecule has 0 aromatic carbocycles. The van der Waals surface area contributed by atoms with Crippen molar-refractivity contribution in [1.82, 2.24) is 15.0 Å². The third-order valence-electron chi connectivity index (χ3n) is 2.49. The lowest BCUT2D eigenvalue weighted by molar-refractivity contribution is 0.0517. The molecule has 0 spiro atoms. The highest BCUT2D eigenvalue weighted by Gasteiger charge is 2.23. The van der Waals surface area contributed by atoms with E-state index in [1.54, 1.807) is 13.0 Å². The summed E-state index contributed by atoms with van der Waals surface area (Å²) < 4.78 is 9.92. The van der Waals surface area contributed by atoms with Gasteiger partial charge in [-0.3, -0.25) is 4.79 Å². The molecule has 0 saturated heterocycles. The van der Waals surface area contributed by atoms with Gasteiger partial charge >= 0.3 is 5.97 Å². The number of carbonyl (C=O) groups excluding carboxylic acids is 2. The summed E-state index contributed by atoms with van der Waals surface area (Å²) in [4.78, 5) is 35.9. The number of esters is 1.